The van der Waals surface area contributed by atoms with Gasteiger partial charge in [-0.2, -0.15) is 0 Å². The zero-order valence-electron chi connectivity index (χ0n) is 10.3. The van der Waals surface area contributed by atoms with E-state index in [2.05, 4.69) is 36.6 Å². The zero-order chi connectivity index (χ0) is 13.0. The summed E-state index contributed by atoms with van der Waals surface area (Å²) in [6, 6.07) is 10.4. The predicted octanol–water partition coefficient (Wildman–Crippen LogP) is 3.91. The first kappa shape index (κ1) is 13.6. The molecule has 0 amide bonds. The van der Waals surface area contributed by atoms with Crippen LogP contribution in [0.1, 0.15) is 35.4 Å². The molecule has 1 atom stereocenters. The molecule has 2 aromatic rings. The quantitative estimate of drug-likeness (QED) is 0.644. The number of nitrogens with one attached hydrogen (secondary N) is 1. The van der Waals surface area contributed by atoms with Gasteiger partial charge in [0, 0.05) is 4.88 Å². The van der Waals surface area contributed by atoms with Crippen LogP contribution in [0.4, 0.5) is 0 Å². The van der Waals surface area contributed by atoms with Gasteiger partial charge < -0.3 is 0 Å². The summed E-state index contributed by atoms with van der Waals surface area (Å²) in [5, 5.41) is 2.74. The third-order valence-electron chi connectivity index (χ3n) is 2.93. The van der Waals surface area contributed by atoms with Crippen molar-refractivity contribution in [2.75, 3.05) is 0 Å². The van der Waals surface area contributed by atoms with Crippen molar-refractivity contribution in [1.29, 1.82) is 0 Å². The van der Waals surface area contributed by atoms with Gasteiger partial charge in [-0.3, -0.25) is 5.84 Å². The van der Waals surface area contributed by atoms with Gasteiger partial charge in [0.1, 0.15) is 0 Å². The summed E-state index contributed by atoms with van der Waals surface area (Å²) in [6.45, 7) is 2.18. The average Bonchev–Trinajstić information content (AvgIpc) is 2.79. The van der Waals surface area contributed by atoms with Crippen LogP contribution in [-0.4, -0.2) is 0 Å². The first-order valence-electron chi connectivity index (χ1n) is 6.04. The SMILES string of the molecule is CCCc1ccc(C(NN)c2sccc2Cl)cc1. The Labute approximate surface area is 117 Å². The molecule has 0 radical (unpaired) electrons. The van der Waals surface area contributed by atoms with Crippen LogP contribution in [0.25, 0.3) is 0 Å². The first-order valence-corrected chi connectivity index (χ1v) is 7.30. The van der Waals surface area contributed by atoms with Crippen LogP contribution in [0.5, 0.6) is 0 Å². The van der Waals surface area contributed by atoms with E-state index in [9.17, 15) is 0 Å². The maximum absolute atomic E-state index is 6.16. The Balaban J connectivity index is 2.25. The van der Waals surface area contributed by atoms with Gasteiger partial charge in [-0.25, -0.2) is 5.43 Å². The molecule has 1 aromatic carbocycles. The van der Waals surface area contributed by atoms with E-state index in [1.54, 1.807) is 11.3 Å². The highest BCUT2D eigenvalue weighted by Gasteiger charge is 2.16. The second-order valence-corrected chi connectivity index (χ2v) is 5.58. The Bertz CT molecular complexity index is 493. The van der Waals surface area contributed by atoms with Crippen LogP contribution >= 0.6 is 22.9 Å². The Morgan fingerprint density at radius 1 is 1.28 bits per heavy atom. The molecular formula is C14H17ClN2S. The molecule has 1 aromatic heterocycles. The number of aryl methyl sites for hydroxylation is 1. The molecule has 1 unspecified atom stereocenters. The summed E-state index contributed by atoms with van der Waals surface area (Å²) in [5.41, 5.74) is 5.34. The zero-order valence-corrected chi connectivity index (χ0v) is 11.9. The minimum Gasteiger partial charge on any atom is -0.271 e. The lowest BCUT2D eigenvalue weighted by molar-refractivity contribution is 0.646. The number of nitrogens with two attached hydrogens (primary N) is 1. The highest BCUT2D eigenvalue weighted by Crippen LogP contribution is 2.32. The maximum Gasteiger partial charge on any atom is 0.0817 e. The van der Waals surface area contributed by atoms with E-state index < -0.39 is 0 Å². The van der Waals surface area contributed by atoms with Crippen LogP contribution < -0.4 is 11.3 Å². The van der Waals surface area contributed by atoms with Gasteiger partial charge in [0.2, 0.25) is 0 Å². The molecular weight excluding hydrogens is 264 g/mol. The van der Waals surface area contributed by atoms with E-state index in [1.165, 1.54) is 5.56 Å². The van der Waals surface area contributed by atoms with Crippen molar-refractivity contribution >= 4 is 22.9 Å². The molecule has 0 bridgehead atoms. The molecule has 96 valence electrons. The molecule has 3 N–H and O–H groups in total. The normalized spacial score (nSPS) is 12.6. The maximum atomic E-state index is 6.16. The van der Waals surface area contributed by atoms with Crippen molar-refractivity contribution in [2.45, 2.75) is 25.8 Å². The van der Waals surface area contributed by atoms with Crippen molar-refractivity contribution in [1.82, 2.24) is 5.43 Å². The van der Waals surface area contributed by atoms with E-state index in [-0.39, 0.29) is 6.04 Å². The minimum atomic E-state index is -0.0341. The third kappa shape index (κ3) is 2.93. The Morgan fingerprint density at radius 2 is 2.00 bits per heavy atom. The summed E-state index contributed by atoms with van der Waals surface area (Å²) in [7, 11) is 0. The second-order valence-electron chi connectivity index (χ2n) is 4.22. The fraction of sp³-hybridized carbons (Fsp3) is 0.286. The van der Waals surface area contributed by atoms with E-state index in [0.29, 0.717) is 0 Å². The van der Waals surface area contributed by atoms with E-state index in [0.717, 1.165) is 28.3 Å². The summed E-state index contributed by atoms with van der Waals surface area (Å²) in [6.07, 6.45) is 2.27. The topological polar surface area (TPSA) is 38.0 Å². The number of benzene rings is 1. The van der Waals surface area contributed by atoms with Crippen LogP contribution in [0.15, 0.2) is 35.7 Å². The van der Waals surface area contributed by atoms with Crippen molar-refractivity contribution in [2.24, 2.45) is 5.84 Å². The molecule has 0 aliphatic carbocycles. The van der Waals surface area contributed by atoms with E-state index in [1.807, 2.05) is 11.4 Å². The molecule has 2 rings (SSSR count). The lowest BCUT2D eigenvalue weighted by atomic mass is 10.0. The standard InChI is InChI=1S/C14H17ClN2S/c1-2-3-10-4-6-11(7-5-10)13(17-16)14-12(15)8-9-18-14/h4-9,13,17H,2-3,16H2,1H3. The number of hydrogen-bond donors (Lipinski definition) is 2. The highest BCUT2D eigenvalue weighted by molar-refractivity contribution is 7.10. The molecule has 18 heavy (non-hydrogen) atoms. The molecule has 4 heteroatoms. The average molecular weight is 281 g/mol. The van der Waals surface area contributed by atoms with Crippen molar-refractivity contribution in [3.05, 3.63) is 56.7 Å². The van der Waals surface area contributed by atoms with Crippen molar-refractivity contribution < 1.29 is 0 Å². The van der Waals surface area contributed by atoms with Gasteiger partial charge in [0.15, 0.2) is 0 Å². The predicted molar refractivity (Wildman–Crippen MR) is 78.9 cm³/mol. The Morgan fingerprint density at radius 3 is 2.50 bits per heavy atom. The number of halogens is 1. The summed E-state index contributed by atoms with van der Waals surface area (Å²) in [5.74, 6) is 5.66. The molecule has 2 nitrogen and oxygen atoms in total. The van der Waals surface area contributed by atoms with Crippen LogP contribution in [0.2, 0.25) is 5.02 Å². The van der Waals surface area contributed by atoms with E-state index in [4.69, 9.17) is 17.4 Å². The molecule has 0 fully saturated rings. The van der Waals surface area contributed by atoms with Crippen LogP contribution in [-0.2, 0) is 6.42 Å². The van der Waals surface area contributed by atoms with Gasteiger partial charge in [-0.05, 0) is 29.0 Å². The highest BCUT2D eigenvalue weighted by atomic mass is 35.5. The molecule has 0 aliphatic rings. The minimum absolute atomic E-state index is 0.0341. The van der Waals surface area contributed by atoms with Crippen molar-refractivity contribution in [3.8, 4) is 0 Å². The second kappa shape index (κ2) is 6.34. The van der Waals surface area contributed by atoms with E-state index >= 15 is 0 Å². The van der Waals surface area contributed by atoms with Gasteiger partial charge in [0.25, 0.3) is 0 Å². The summed E-state index contributed by atoms with van der Waals surface area (Å²) >= 11 is 7.78. The number of hydrogen-bond acceptors (Lipinski definition) is 3. The third-order valence-corrected chi connectivity index (χ3v) is 4.35. The van der Waals surface area contributed by atoms with Gasteiger partial charge in [-0.15, -0.1) is 11.3 Å². The fourth-order valence-corrected chi connectivity index (χ4v) is 3.25. The fourth-order valence-electron chi connectivity index (χ4n) is 2.00. The lowest BCUT2D eigenvalue weighted by Crippen LogP contribution is -2.28. The van der Waals surface area contributed by atoms with Gasteiger partial charge in [0.05, 0.1) is 11.1 Å². The largest absolute Gasteiger partial charge is 0.271 e. The molecule has 0 saturated heterocycles. The monoisotopic (exact) mass is 280 g/mol. The summed E-state index contributed by atoms with van der Waals surface area (Å²) < 4.78 is 0. The lowest BCUT2D eigenvalue weighted by Gasteiger charge is -2.16. The van der Waals surface area contributed by atoms with Gasteiger partial charge >= 0.3 is 0 Å². The Hall–Kier alpha value is -0.870. The molecule has 0 aliphatic heterocycles. The Kier molecular flexibility index (Phi) is 4.78. The molecule has 0 spiro atoms. The van der Waals surface area contributed by atoms with Crippen LogP contribution in [0, 0.1) is 0 Å². The number of rotatable bonds is 5. The van der Waals surface area contributed by atoms with Crippen molar-refractivity contribution in [3.63, 3.8) is 0 Å². The van der Waals surface area contributed by atoms with Gasteiger partial charge in [-0.1, -0.05) is 49.2 Å². The number of thiophene rings is 1. The molecule has 1 heterocycles. The molecule has 0 saturated carbocycles. The number of hydrazine groups is 1. The summed E-state index contributed by atoms with van der Waals surface area (Å²) in [4.78, 5) is 1.06. The smallest absolute Gasteiger partial charge is 0.0817 e. The first-order chi connectivity index (χ1) is 8.76. The van der Waals surface area contributed by atoms with Crippen LogP contribution in [0.3, 0.4) is 0 Å².